The Hall–Kier alpha value is -0.870. The zero-order valence-electron chi connectivity index (χ0n) is 12.4. The highest BCUT2D eigenvalue weighted by atomic mass is 32.2. The van der Waals surface area contributed by atoms with Gasteiger partial charge in [0, 0.05) is 6.04 Å². The SMILES string of the molecule is Cc1cc(C)cc(CS(=O)(=O)C2CCCCCC2N)c1. The lowest BCUT2D eigenvalue weighted by atomic mass is 10.1. The molecule has 0 aromatic heterocycles. The number of hydrogen-bond acceptors (Lipinski definition) is 3. The first-order valence-corrected chi connectivity index (χ1v) is 9.14. The molecule has 0 radical (unpaired) electrons. The lowest BCUT2D eigenvalue weighted by Crippen LogP contribution is -2.40. The Morgan fingerprint density at radius 3 is 2.30 bits per heavy atom. The van der Waals surface area contributed by atoms with Crippen LogP contribution in [-0.2, 0) is 15.6 Å². The molecule has 0 spiro atoms. The standard InChI is InChI=1S/C16H25NO2S/c1-12-8-13(2)10-14(9-12)11-20(18,19)16-7-5-3-4-6-15(16)17/h8-10,15-16H,3-7,11,17H2,1-2H3. The van der Waals surface area contributed by atoms with Crippen LogP contribution in [0, 0.1) is 13.8 Å². The van der Waals surface area contributed by atoms with Gasteiger partial charge in [-0.15, -0.1) is 0 Å². The van der Waals surface area contributed by atoms with Crippen molar-refractivity contribution in [2.75, 3.05) is 0 Å². The van der Waals surface area contributed by atoms with Gasteiger partial charge in [-0.1, -0.05) is 48.6 Å². The normalized spacial score (nSPS) is 24.4. The first kappa shape index (κ1) is 15.5. The fraction of sp³-hybridized carbons (Fsp3) is 0.625. The average molecular weight is 295 g/mol. The second-order valence-electron chi connectivity index (χ2n) is 6.14. The molecule has 1 fully saturated rings. The van der Waals surface area contributed by atoms with Crippen molar-refractivity contribution in [1.82, 2.24) is 0 Å². The number of sulfone groups is 1. The Morgan fingerprint density at radius 2 is 1.65 bits per heavy atom. The summed E-state index contributed by atoms with van der Waals surface area (Å²) >= 11 is 0. The van der Waals surface area contributed by atoms with Crippen LogP contribution in [-0.4, -0.2) is 19.7 Å². The van der Waals surface area contributed by atoms with E-state index in [0.29, 0.717) is 6.42 Å². The molecule has 20 heavy (non-hydrogen) atoms. The molecule has 4 heteroatoms. The van der Waals surface area contributed by atoms with Crippen LogP contribution in [0.4, 0.5) is 0 Å². The average Bonchev–Trinajstić information content (AvgIpc) is 2.52. The van der Waals surface area contributed by atoms with E-state index in [1.165, 1.54) is 0 Å². The summed E-state index contributed by atoms with van der Waals surface area (Å²) in [6, 6.07) is 5.79. The van der Waals surface area contributed by atoms with Crippen LogP contribution in [0.5, 0.6) is 0 Å². The summed E-state index contributed by atoms with van der Waals surface area (Å²) < 4.78 is 25.3. The van der Waals surface area contributed by atoms with Crippen molar-refractivity contribution >= 4 is 9.84 Å². The molecule has 0 aliphatic heterocycles. The second kappa shape index (κ2) is 6.27. The van der Waals surface area contributed by atoms with Gasteiger partial charge in [-0.3, -0.25) is 0 Å². The van der Waals surface area contributed by atoms with E-state index in [0.717, 1.165) is 42.4 Å². The van der Waals surface area contributed by atoms with Crippen molar-refractivity contribution in [3.05, 3.63) is 34.9 Å². The van der Waals surface area contributed by atoms with E-state index < -0.39 is 9.84 Å². The highest BCUT2D eigenvalue weighted by Crippen LogP contribution is 2.25. The smallest absolute Gasteiger partial charge is 0.158 e. The van der Waals surface area contributed by atoms with Crippen LogP contribution < -0.4 is 5.73 Å². The molecule has 2 N–H and O–H groups in total. The quantitative estimate of drug-likeness (QED) is 0.872. The van der Waals surface area contributed by atoms with E-state index in [4.69, 9.17) is 5.73 Å². The van der Waals surface area contributed by atoms with E-state index in [2.05, 4.69) is 6.07 Å². The maximum Gasteiger partial charge on any atom is 0.158 e. The van der Waals surface area contributed by atoms with Gasteiger partial charge < -0.3 is 5.73 Å². The third kappa shape index (κ3) is 3.83. The molecular formula is C16H25NO2S. The summed E-state index contributed by atoms with van der Waals surface area (Å²) in [5.74, 6) is 0.119. The van der Waals surface area contributed by atoms with Crippen LogP contribution in [0.25, 0.3) is 0 Å². The molecule has 112 valence electrons. The van der Waals surface area contributed by atoms with Gasteiger partial charge in [-0.2, -0.15) is 0 Å². The number of nitrogens with two attached hydrogens (primary N) is 1. The van der Waals surface area contributed by atoms with E-state index >= 15 is 0 Å². The van der Waals surface area contributed by atoms with Crippen molar-refractivity contribution in [2.24, 2.45) is 5.73 Å². The molecule has 1 saturated carbocycles. The van der Waals surface area contributed by atoms with Gasteiger partial charge in [-0.25, -0.2) is 8.42 Å². The monoisotopic (exact) mass is 295 g/mol. The third-order valence-electron chi connectivity index (χ3n) is 4.11. The highest BCUT2D eigenvalue weighted by Gasteiger charge is 2.32. The number of rotatable bonds is 3. The Labute approximate surface area is 122 Å². The zero-order chi connectivity index (χ0) is 14.8. The van der Waals surface area contributed by atoms with E-state index in [-0.39, 0.29) is 17.0 Å². The Kier molecular flexibility index (Phi) is 4.86. The van der Waals surface area contributed by atoms with Crippen LogP contribution in [0.2, 0.25) is 0 Å². The molecule has 1 aliphatic rings. The van der Waals surface area contributed by atoms with Crippen LogP contribution >= 0.6 is 0 Å². The molecule has 1 aromatic rings. The summed E-state index contributed by atoms with van der Waals surface area (Å²) in [4.78, 5) is 0. The fourth-order valence-electron chi connectivity index (χ4n) is 3.24. The van der Waals surface area contributed by atoms with E-state index in [1.54, 1.807) is 0 Å². The maximum absolute atomic E-state index is 12.7. The number of benzene rings is 1. The molecule has 1 aromatic carbocycles. The summed E-state index contributed by atoms with van der Waals surface area (Å²) in [6.45, 7) is 4.00. The Balaban J connectivity index is 2.21. The Bertz CT molecular complexity index is 546. The summed E-state index contributed by atoms with van der Waals surface area (Å²) in [5, 5.41) is -0.370. The van der Waals surface area contributed by atoms with Gasteiger partial charge in [0.25, 0.3) is 0 Å². The van der Waals surface area contributed by atoms with Crippen molar-refractivity contribution in [3.63, 3.8) is 0 Å². The third-order valence-corrected chi connectivity index (χ3v) is 6.36. The van der Waals surface area contributed by atoms with Crippen molar-refractivity contribution in [3.8, 4) is 0 Å². The molecule has 0 amide bonds. The maximum atomic E-state index is 12.7. The predicted octanol–water partition coefficient (Wildman–Crippen LogP) is 2.88. The topological polar surface area (TPSA) is 60.2 Å². The largest absolute Gasteiger partial charge is 0.327 e. The molecular weight excluding hydrogens is 270 g/mol. The minimum Gasteiger partial charge on any atom is -0.327 e. The first-order chi connectivity index (χ1) is 9.38. The van der Waals surface area contributed by atoms with Crippen LogP contribution in [0.1, 0.15) is 48.8 Å². The Morgan fingerprint density at radius 1 is 1.05 bits per heavy atom. The molecule has 0 heterocycles. The summed E-state index contributed by atoms with van der Waals surface area (Å²) in [5.41, 5.74) is 9.21. The van der Waals surface area contributed by atoms with Gasteiger partial charge in [-0.05, 0) is 32.3 Å². The minimum atomic E-state index is -3.17. The van der Waals surface area contributed by atoms with Crippen LogP contribution in [0.3, 0.4) is 0 Å². The predicted molar refractivity (Wildman–Crippen MR) is 83.4 cm³/mol. The minimum absolute atomic E-state index is 0.119. The van der Waals surface area contributed by atoms with Crippen molar-refractivity contribution in [2.45, 2.75) is 63.0 Å². The number of aryl methyl sites for hydroxylation is 2. The van der Waals surface area contributed by atoms with Crippen molar-refractivity contribution in [1.29, 1.82) is 0 Å². The lowest BCUT2D eigenvalue weighted by molar-refractivity contribution is 0.530. The van der Waals surface area contributed by atoms with Gasteiger partial charge >= 0.3 is 0 Å². The molecule has 2 unspecified atom stereocenters. The van der Waals surface area contributed by atoms with Crippen molar-refractivity contribution < 1.29 is 8.42 Å². The van der Waals surface area contributed by atoms with E-state index in [9.17, 15) is 8.42 Å². The first-order valence-electron chi connectivity index (χ1n) is 7.43. The zero-order valence-corrected chi connectivity index (χ0v) is 13.2. The molecule has 2 rings (SSSR count). The van der Waals surface area contributed by atoms with Crippen LogP contribution in [0.15, 0.2) is 18.2 Å². The fourth-order valence-corrected chi connectivity index (χ4v) is 5.28. The van der Waals surface area contributed by atoms with Gasteiger partial charge in [0.15, 0.2) is 9.84 Å². The van der Waals surface area contributed by atoms with Gasteiger partial charge in [0.1, 0.15) is 0 Å². The summed E-state index contributed by atoms with van der Waals surface area (Å²) in [7, 11) is -3.17. The van der Waals surface area contributed by atoms with Gasteiger partial charge in [0.05, 0.1) is 11.0 Å². The lowest BCUT2D eigenvalue weighted by Gasteiger charge is -2.21. The number of hydrogen-bond donors (Lipinski definition) is 1. The highest BCUT2D eigenvalue weighted by molar-refractivity contribution is 7.91. The summed E-state index contributed by atoms with van der Waals surface area (Å²) in [6.07, 6.45) is 4.68. The molecule has 0 saturated heterocycles. The molecule has 2 atom stereocenters. The van der Waals surface area contributed by atoms with E-state index in [1.807, 2.05) is 26.0 Å². The molecule has 3 nitrogen and oxygen atoms in total. The molecule has 1 aliphatic carbocycles. The second-order valence-corrected chi connectivity index (χ2v) is 8.36. The molecule has 0 bridgehead atoms. The van der Waals surface area contributed by atoms with Gasteiger partial charge in [0.2, 0.25) is 0 Å².